The van der Waals surface area contributed by atoms with Crippen molar-refractivity contribution in [1.29, 1.82) is 0 Å². The summed E-state index contributed by atoms with van der Waals surface area (Å²) < 4.78 is 16.8. The third kappa shape index (κ3) is 3.61. The highest BCUT2D eigenvalue weighted by Gasteiger charge is 2.58. The molecule has 3 aliphatic rings. The minimum absolute atomic E-state index is 0.0462. The smallest absolute Gasteiger partial charge is 0.238 e. The van der Waals surface area contributed by atoms with E-state index in [2.05, 4.69) is 5.32 Å². The molecule has 4 rings (SSSR count). The van der Waals surface area contributed by atoms with Crippen molar-refractivity contribution >= 4 is 11.8 Å². The lowest BCUT2D eigenvalue weighted by Gasteiger charge is -2.38. The molecule has 0 radical (unpaired) electrons. The molecule has 1 aromatic rings. The van der Waals surface area contributed by atoms with Crippen LogP contribution in [-0.2, 0) is 25.5 Å². The van der Waals surface area contributed by atoms with Crippen molar-refractivity contribution in [3.63, 3.8) is 0 Å². The van der Waals surface area contributed by atoms with Crippen molar-refractivity contribution in [2.24, 2.45) is 5.41 Å². The van der Waals surface area contributed by atoms with Gasteiger partial charge in [0.2, 0.25) is 11.8 Å². The number of hydrogen-bond donors (Lipinski definition) is 1. The molecule has 0 unspecified atom stereocenters. The summed E-state index contributed by atoms with van der Waals surface area (Å²) in [6.45, 7) is 2.88. The summed E-state index contributed by atoms with van der Waals surface area (Å²) in [5, 5.41) is 2.96. The highest BCUT2D eigenvalue weighted by Crippen LogP contribution is 2.48. The molecular weight excluding hydrogens is 360 g/mol. The summed E-state index contributed by atoms with van der Waals surface area (Å²) in [6, 6.07) is 7.76. The van der Waals surface area contributed by atoms with Crippen LogP contribution < -0.4 is 10.1 Å². The first-order valence-corrected chi connectivity index (χ1v) is 10.1. The molecule has 0 bridgehead atoms. The third-order valence-electron chi connectivity index (χ3n) is 6.09. The van der Waals surface area contributed by atoms with E-state index in [1.165, 1.54) is 0 Å². The van der Waals surface area contributed by atoms with Crippen molar-refractivity contribution in [2.45, 2.75) is 37.9 Å². The number of carbonyl (C=O) groups is 2. The second-order valence-electron chi connectivity index (χ2n) is 7.80. The molecule has 1 saturated carbocycles. The summed E-state index contributed by atoms with van der Waals surface area (Å²) in [5.74, 6) is 0.105. The lowest BCUT2D eigenvalue weighted by Crippen LogP contribution is -2.52. The van der Waals surface area contributed by atoms with Crippen molar-refractivity contribution in [1.82, 2.24) is 10.2 Å². The number of piperidine rings is 1. The van der Waals surface area contributed by atoms with Gasteiger partial charge in [-0.2, -0.15) is 0 Å². The normalized spacial score (nSPS) is 22.1. The molecule has 2 aliphatic heterocycles. The topological polar surface area (TPSA) is 77.1 Å². The van der Waals surface area contributed by atoms with E-state index in [9.17, 15) is 9.59 Å². The maximum atomic E-state index is 13.0. The zero-order valence-corrected chi connectivity index (χ0v) is 16.4. The van der Waals surface area contributed by atoms with Crippen LogP contribution in [0.1, 0.15) is 31.2 Å². The van der Waals surface area contributed by atoms with Gasteiger partial charge >= 0.3 is 0 Å². The van der Waals surface area contributed by atoms with Gasteiger partial charge in [0.25, 0.3) is 0 Å². The largest absolute Gasteiger partial charge is 0.496 e. The van der Waals surface area contributed by atoms with E-state index in [4.69, 9.17) is 14.2 Å². The molecule has 7 nitrogen and oxygen atoms in total. The Labute approximate surface area is 165 Å². The van der Waals surface area contributed by atoms with Gasteiger partial charge < -0.3 is 24.4 Å². The van der Waals surface area contributed by atoms with Crippen LogP contribution in [0.2, 0.25) is 0 Å². The quantitative estimate of drug-likeness (QED) is 0.748. The number of ether oxygens (including phenoxy) is 3. The number of amides is 2. The summed E-state index contributed by atoms with van der Waals surface area (Å²) in [6.07, 6.45) is 3.26. The minimum atomic E-state index is -0.872. The van der Waals surface area contributed by atoms with Gasteiger partial charge in [-0.1, -0.05) is 18.2 Å². The van der Waals surface area contributed by atoms with Crippen molar-refractivity contribution in [3.05, 3.63) is 29.8 Å². The molecular formula is C21H28N2O5. The van der Waals surface area contributed by atoms with Crippen LogP contribution in [0.25, 0.3) is 0 Å². The second-order valence-corrected chi connectivity index (χ2v) is 7.80. The van der Waals surface area contributed by atoms with Crippen LogP contribution in [0.15, 0.2) is 24.3 Å². The number of hydrogen-bond acceptors (Lipinski definition) is 5. The molecule has 152 valence electrons. The molecule has 2 heterocycles. The number of nitrogens with zero attached hydrogens (tertiary/aromatic N) is 1. The van der Waals surface area contributed by atoms with E-state index in [1.807, 2.05) is 29.2 Å². The lowest BCUT2D eigenvalue weighted by atomic mass is 9.98. The Bertz CT molecular complexity index is 730. The van der Waals surface area contributed by atoms with Crippen LogP contribution in [0.4, 0.5) is 0 Å². The Morgan fingerprint density at radius 3 is 2.43 bits per heavy atom. The van der Waals surface area contributed by atoms with Gasteiger partial charge in [0.15, 0.2) is 5.79 Å². The highest BCUT2D eigenvalue weighted by molar-refractivity contribution is 6.07. The highest BCUT2D eigenvalue weighted by atomic mass is 16.7. The summed E-state index contributed by atoms with van der Waals surface area (Å²) in [7, 11) is 1.64. The Morgan fingerprint density at radius 1 is 1.11 bits per heavy atom. The van der Waals surface area contributed by atoms with Crippen LogP contribution >= 0.6 is 0 Å². The molecule has 2 amide bonds. The molecule has 7 heteroatoms. The molecule has 1 aliphatic carbocycles. The molecule has 1 aromatic carbocycles. The monoisotopic (exact) mass is 388 g/mol. The Hall–Kier alpha value is -2.12. The van der Waals surface area contributed by atoms with E-state index >= 15 is 0 Å². The van der Waals surface area contributed by atoms with Gasteiger partial charge in [0.05, 0.1) is 20.3 Å². The standard InChI is InChI=1S/C21H28N2O5/c1-26-17-5-3-2-4-16(17)6-11-22-18(24)20(7-8-20)19(25)23-12-9-21(10-13-23)27-14-15-28-21/h2-5H,6-15H2,1H3,(H,22,24). The first-order valence-electron chi connectivity index (χ1n) is 10.1. The average Bonchev–Trinajstić information content (AvgIpc) is 3.43. The average molecular weight is 388 g/mol. The molecule has 1 N–H and O–H groups in total. The lowest BCUT2D eigenvalue weighted by molar-refractivity contribution is -0.188. The zero-order chi connectivity index (χ0) is 19.6. The van der Waals surface area contributed by atoms with Crippen molar-refractivity contribution in [3.8, 4) is 5.75 Å². The first kappa shape index (κ1) is 19.2. The maximum absolute atomic E-state index is 13.0. The first-order chi connectivity index (χ1) is 13.6. The van der Waals surface area contributed by atoms with Gasteiger partial charge in [-0.25, -0.2) is 0 Å². The fourth-order valence-corrected chi connectivity index (χ4v) is 4.19. The SMILES string of the molecule is COc1ccccc1CCNC(=O)C1(C(=O)N2CCC3(CC2)OCCO3)CC1. The van der Waals surface area contributed by atoms with E-state index in [-0.39, 0.29) is 11.8 Å². The van der Waals surface area contributed by atoms with Gasteiger partial charge in [0.1, 0.15) is 11.2 Å². The van der Waals surface area contributed by atoms with Crippen LogP contribution in [0.5, 0.6) is 5.75 Å². The van der Waals surface area contributed by atoms with Gasteiger partial charge in [-0.05, 0) is 30.9 Å². The number of methoxy groups -OCH3 is 1. The van der Waals surface area contributed by atoms with Crippen LogP contribution in [0.3, 0.4) is 0 Å². The fourth-order valence-electron chi connectivity index (χ4n) is 4.19. The van der Waals surface area contributed by atoms with Crippen molar-refractivity contribution in [2.75, 3.05) is 40.0 Å². The molecule has 0 atom stereocenters. The fraction of sp³-hybridized carbons (Fsp3) is 0.619. The maximum Gasteiger partial charge on any atom is 0.238 e. The number of para-hydroxylation sites is 1. The Morgan fingerprint density at radius 2 is 1.79 bits per heavy atom. The molecule has 3 fully saturated rings. The van der Waals surface area contributed by atoms with Crippen LogP contribution in [0, 0.1) is 5.41 Å². The van der Waals surface area contributed by atoms with E-state index in [0.717, 1.165) is 11.3 Å². The Balaban J connectivity index is 1.29. The number of nitrogens with one attached hydrogen (secondary N) is 1. The summed E-state index contributed by atoms with van der Waals surface area (Å²) >= 11 is 0. The number of benzene rings is 1. The van der Waals surface area contributed by atoms with Crippen molar-refractivity contribution < 1.29 is 23.8 Å². The molecule has 1 spiro atoms. The van der Waals surface area contributed by atoms with Gasteiger partial charge in [0, 0.05) is 32.5 Å². The second kappa shape index (κ2) is 7.72. The molecule has 2 saturated heterocycles. The number of rotatable bonds is 6. The summed E-state index contributed by atoms with van der Waals surface area (Å²) in [5.41, 5.74) is 0.169. The van der Waals surface area contributed by atoms with E-state index in [1.54, 1.807) is 7.11 Å². The molecule has 0 aromatic heterocycles. The minimum Gasteiger partial charge on any atom is -0.496 e. The number of carbonyl (C=O) groups excluding carboxylic acids is 2. The van der Waals surface area contributed by atoms with Gasteiger partial charge in [-0.3, -0.25) is 9.59 Å². The predicted molar refractivity (Wildman–Crippen MR) is 102 cm³/mol. The predicted octanol–water partition coefficient (Wildman–Crippen LogP) is 1.50. The summed E-state index contributed by atoms with van der Waals surface area (Å²) in [4.78, 5) is 27.6. The Kier molecular flexibility index (Phi) is 5.29. The number of likely N-dealkylation sites (tertiary alicyclic amines) is 1. The van der Waals surface area contributed by atoms with Gasteiger partial charge in [-0.15, -0.1) is 0 Å². The molecule has 28 heavy (non-hydrogen) atoms. The zero-order valence-electron chi connectivity index (χ0n) is 16.4. The van der Waals surface area contributed by atoms with E-state index in [0.29, 0.717) is 65.0 Å². The van der Waals surface area contributed by atoms with E-state index < -0.39 is 11.2 Å². The van der Waals surface area contributed by atoms with Crippen LogP contribution in [-0.4, -0.2) is 62.5 Å². The third-order valence-corrected chi connectivity index (χ3v) is 6.09.